The molecule has 0 saturated carbocycles. The third-order valence-electron chi connectivity index (χ3n) is 4.42. The zero-order valence-electron chi connectivity index (χ0n) is 16.6. The summed E-state index contributed by atoms with van der Waals surface area (Å²) in [7, 11) is 1.79. The molecule has 2 aromatic carbocycles. The topological polar surface area (TPSA) is 88.9 Å². The lowest BCUT2D eigenvalue weighted by Gasteiger charge is -2.08. The monoisotopic (exact) mass is 409 g/mol. The molecule has 7 nitrogen and oxygen atoms in total. The SMILES string of the molecule is Cc1ccc(NC(=O)Cc2nnc(SCC(=O)Nc3ccccc3)n2C)cc1C. The molecule has 0 bridgehead atoms. The Morgan fingerprint density at radius 3 is 2.38 bits per heavy atom. The second-order valence-corrected chi connectivity index (χ2v) is 7.63. The van der Waals surface area contributed by atoms with Gasteiger partial charge in [-0.1, -0.05) is 36.0 Å². The van der Waals surface area contributed by atoms with E-state index in [9.17, 15) is 9.59 Å². The zero-order chi connectivity index (χ0) is 20.8. The van der Waals surface area contributed by atoms with E-state index in [1.807, 2.05) is 62.4 Å². The first-order valence-corrected chi connectivity index (χ1v) is 10.1. The maximum atomic E-state index is 12.3. The van der Waals surface area contributed by atoms with Crippen molar-refractivity contribution >= 4 is 35.0 Å². The van der Waals surface area contributed by atoms with E-state index in [1.165, 1.54) is 17.3 Å². The lowest BCUT2D eigenvalue weighted by molar-refractivity contribution is -0.116. The molecule has 0 radical (unpaired) electrons. The van der Waals surface area contributed by atoms with Crippen LogP contribution >= 0.6 is 11.8 Å². The highest BCUT2D eigenvalue weighted by molar-refractivity contribution is 7.99. The van der Waals surface area contributed by atoms with Crippen LogP contribution in [0.25, 0.3) is 0 Å². The van der Waals surface area contributed by atoms with Crippen LogP contribution in [0.5, 0.6) is 0 Å². The summed E-state index contributed by atoms with van der Waals surface area (Å²) in [5.41, 5.74) is 3.80. The average Bonchev–Trinajstić information content (AvgIpc) is 3.03. The van der Waals surface area contributed by atoms with Crippen LogP contribution in [0.15, 0.2) is 53.7 Å². The van der Waals surface area contributed by atoms with Crippen molar-refractivity contribution in [3.8, 4) is 0 Å². The molecule has 1 heterocycles. The Morgan fingerprint density at radius 1 is 0.931 bits per heavy atom. The molecular formula is C21H23N5O2S. The van der Waals surface area contributed by atoms with Crippen LogP contribution in [-0.4, -0.2) is 32.3 Å². The van der Waals surface area contributed by atoms with Crippen LogP contribution in [0.2, 0.25) is 0 Å². The first-order valence-electron chi connectivity index (χ1n) is 9.15. The number of rotatable bonds is 7. The number of amides is 2. The molecule has 2 amide bonds. The van der Waals surface area contributed by atoms with E-state index in [2.05, 4.69) is 20.8 Å². The minimum atomic E-state index is -0.165. The summed E-state index contributed by atoms with van der Waals surface area (Å²) >= 11 is 1.28. The van der Waals surface area contributed by atoms with Crippen molar-refractivity contribution in [2.24, 2.45) is 7.05 Å². The van der Waals surface area contributed by atoms with E-state index in [-0.39, 0.29) is 24.0 Å². The van der Waals surface area contributed by atoms with Gasteiger partial charge in [-0.05, 0) is 49.2 Å². The summed E-state index contributed by atoms with van der Waals surface area (Å²) in [6.45, 7) is 4.03. The van der Waals surface area contributed by atoms with E-state index >= 15 is 0 Å². The average molecular weight is 410 g/mol. The van der Waals surface area contributed by atoms with Gasteiger partial charge < -0.3 is 15.2 Å². The lowest BCUT2D eigenvalue weighted by Crippen LogP contribution is -2.17. The van der Waals surface area contributed by atoms with Gasteiger partial charge >= 0.3 is 0 Å². The summed E-state index contributed by atoms with van der Waals surface area (Å²) in [4.78, 5) is 24.4. The molecule has 3 rings (SSSR count). The molecule has 0 saturated heterocycles. The van der Waals surface area contributed by atoms with Crippen molar-refractivity contribution in [1.29, 1.82) is 0 Å². The molecule has 29 heavy (non-hydrogen) atoms. The van der Waals surface area contributed by atoms with Crippen LogP contribution in [0.1, 0.15) is 17.0 Å². The van der Waals surface area contributed by atoms with E-state index in [4.69, 9.17) is 0 Å². The van der Waals surface area contributed by atoms with Crippen LogP contribution in [0.4, 0.5) is 11.4 Å². The molecule has 3 aromatic rings. The Morgan fingerprint density at radius 2 is 1.66 bits per heavy atom. The van der Waals surface area contributed by atoms with Gasteiger partial charge in [-0.2, -0.15) is 0 Å². The van der Waals surface area contributed by atoms with Gasteiger partial charge in [0.15, 0.2) is 5.16 Å². The number of para-hydroxylation sites is 1. The summed E-state index contributed by atoms with van der Waals surface area (Å²) in [5.74, 6) is 0.452. The van der Waals surface area contributed by atoms with Gasteiger partial charge in [0.1, 0.15) is 5.82 Å². The predicted octanol–water partition coefficient (Wildman–Crippen LogP) is 3.34. The van der Waals surface area contributed by atoms with Gasteiger partial charge in [0.05, 0.1) is 12.2 Å². The van der Waals surface area contributed by atoms with Crippen LogP contribution in [-0.2, 0) is 23.1 Å². The number of aryl methyl sites for hydroxylation is 2. The Balaban J connectivity index is 1.53. The van der Waals surface area contributed by atoms with Crippen molar-refractivity contribution in [1.82, 2.24) is 14.8 Å². The Kier molecular flexibility index (Phi) is 6.66. The van der Waals surface area contributed by atoms with E-state index < -0.39 is 0 Å². The Labute approximate surface area is 173 Å². The Bertz CT molecular complexity index is 1020. The molecule has 0 aliphatic rings. The molecule has 150 valence electrons. The molecule has 8 heteroatoms. The zero-order valence-corrected chi connectivity index (χ0v) is 17.4. The standard InChI is InChI=1S/C21H23N5O2S/c1-14-9-10-17(11-15(14)2)23-19(27)12-18-24-25-21(26(18)3)29-13-20(28)22-16-7-5-4-6-8-16/h4-11H,12-13H2,1-3H3,(H,22,28)(H,23,27). The molecule has 0 aliphatic heterocycles. The molecule has 0 unspecified atom stereocenters. The van der Waals surface area contributed by atoms with Crippen molar-refractivity contribution in [2.75, 3.05) is 16.4 Å². The van der Waals surface area contributed by atoms with Gasteiger partial charge in [-0.25, -0.2) is 0 Å². The van der Waals surface area contributed by atoms with Crippen molar-refractivity contribution in [2.45, 2.75) is 25.4 Å². The predicted molar refractivity (Wildman–Crippen MR) is 115 cm³/mol. The Hall–Kier alpha value is -3.13. The molecule has 0 fully saturated rings. The molecule has 1 aromatic heterocycles. The number of benzene rings is 2. The number of hydrogen-bond acceptors (Lipinski definition) is 5. The highest BCUT2D eigenvalue weighted by atomic mass is 32.2. The number of hydrogen-bond donors (Lipinski definition) is 2. The number of nitrogens with one attached hydrogen (secondary N) is 2. The third kappa shape index (κ3) is 5.68. The maximum Gasteiger partial charge on any atom is 0.234 e. The first kappa shape index (κ1) is 20.6. The molecular weight excluding hydrogens is 386 g/mol. The third-order valence-corrected chi connectivity index (χ3v) is 5.44. The summed E-state index contributed by atoms with van der Waals surface area (Å²) in [6, 6.07) is 15.1. The smallest absolute Gasteiger partial charge is 0.234 e. The quantitative estimate of drug-likeness (QED) is 0.584. The minimum absolute atomic E-state index is 0.104. The second kappa shape index (κ2) is 9.38. The van der Waals surface area contributed by atoms with Crippen LogP contribution in [0.3, 0.4) is 0 Å². The molecule has 0 atom stereocenters. The second-order valence-electron chi connectivity index (χ2n) is 6.68. The van der Waals surface area contributed by atoms with Crippen molar-refractivity contribution < 1.29 is 9.59 Å². The fraction of sp³-hybridized carbons (Fsp3) is 0.238. The van der Waals surface area contributed by atoms with Crippen LogP contribution in [0, 0.1) is 13.8 Å². The van der Waals surface area contributed by atoms with Gasteiger partial charge in [0.2, 0.25) is 11.8 Å². The number of nitrogens with zero attached hydrogens (tertiary/aromatic N) is 3. The fourth-order valence-corrected chi connectivity index (χ4v) is 3.37. The van der Waals surface area contributed by atoms with Crippen molar-refractivity contribution in [3.63, 3.8) is 0 Å². The fourth-order valence-electron chi connectivity index (χ4n) is 2.64. The van der Waals surface area contributed by atoms with E-state index in [1.54, 1.807) is 11.6 Å². The van der Waals surface area contributed by atoms with Crippen LogP contribution < -0.4 is 10.6 Å². The van der Waals surface area contributed by atoms with E-state index in [0.29, 0.717) is 11.0 Å². The van der Waals surface area contributed by atoms with Gasteiger partial charge in [0, 0.05) is 18.4 Å². The summed E-state index contributed by atoms with van der Waals surface area (Å²) in [6.07, 6.45) is 0.104. The normalized spacial score (nSPS) is 10.6. The molecule has 0 spiro atoms. The molecule has 0 aliphatic carbocycles. The van der Waals surface area contributed by atoms with Crippen molar-refractivity contribution in [3.05, 3.63) is 65.5 Å². The number of thioether (sulfide) groups is 1. The lowest BCUT2D eigenvalue weighted by atomic mass is 10.1. The maximum absolute atomic E-state index is 12.3. The summed E-state index contributed by atoms with van der Waals surface area (Å²) < 4.78 is 1.74. The van der Waals surface area contributed by atoms with Gasteiger partial charge in [-0.3, -0.25) is 9.59 Å². The van der Waals surface area contributed by atoms with Gasteiger partial charge in [0.25, 0.3) is 0 Å². The largest absolute Gasteiger partial charge is 0.326 e. The number of anilines is 2. The number of carbonyl (C=O) groups is 2. The highest BCUT2D eigenvalue weighted by Crippen LogP contribution is 2.18. The minimum Gasteiger partial charge on any atom is -0.326 e. The number of carbonyl (C=O) groups excluding carboxylic acids is 2. The number of aromatic nitrogens is 3. The van der Waals surface area contributed by atoms with Gasteiger partial charge in [-0.15, -0.1) is 10.2 Å². The highest BCUT2D eigenvalue weighted by Gasteiger charge is 2.15. The molecule has 2 N–H and O–H groups in total. The van der Waals surface area contributed by atoms with E-state index in [0.717, 1.165) is 16.9 Å². The summed E-state index contributed by atoms with van der Waals surface area (Å²) in [5, 5.41) is 14.5. The first-order chi connectivity index (χ1) is 13.9.